The summed E-state index contributed by atoms with van der Waals surface area (Å²) in [4.78, 5) is 11.0. The lowest BCUT2D eigenvalue weighted by Gasteiger charge is -2.08. The predicted molar refractivity (Wildman–Crippen MR) is 81.6 cm³/mol. The molecule has 0 amide bonds. The molecule has 4 nitrogen and oxygen atoms in total. The van der Waals surface area contributed by atoms with Crippen LogP contribution in [0.5, 0.6) is 0 Å². The molecule has 2 aromatic rings. The van der Waals surface area contributed by atoms with E-state index in [1.807, 2.05) is 0 Å². The maximum Gasteiger partial charge on any atom is 0.223 e. The van der Waals surface area contributed by atoms with Crippen LogP contribution in [0.2, 0.25) is 0 Å². The van der Waals surface area contributed by atoms with Gasteiger partial charge in [-0.05, 0) is 30.2 Å². The van der Waals surface area contributed by atoms with Crippen LogP contribution in [0.1, 0.15) is 32.1 Å². The number of anilines is 2. The number of nitrogen functional groups attached to an aromatic ring is 1. The molecule has 1 atom stereocenters. The molecule has 1 fully saturated rings. The van der Waals surface area contributed by atoms with Crippen molar-refractivity contribution in [2.45, 2.75) is 33.6 Å². The van der Waals surface area contributed by atoms with Crippen LogP contribution < -0.4 is 11.1 Å². The lowest BCUT2D eigenvalue weighted by atomic mass is 10.1. The van der Waals surface area contributed by atoms with Gasteiger partial charge in [0, 0.05) is 11.4 Å². The fourth-order valence-electron chi connectivity index (χ4n) is 2.44. The first-order valence-corrected chi connectivity index (χ1v) is 7.61. The average molecular weight is 276 g/mol. The molecule has 3 N–H and O–H groups in total. The van der Waals surface area contributed by atoms with E-state index in [4.69, 9.17) is 5.73 Å². The SMILES string of the molecule is CCc1cc2c(NCC3CC3(C)C)nc(N)nc2s1. The molecule has 0 aliphatic heterocycles. The van der Waals surface area contributed by atoms with E-state index in [-0.39, 0.29) is 0 Å². The molecule has 1 saturated carbocycles. The molecule has 5 heteroatoms. The van der Waals surface area contributed by atoms with E-state index in [1.165, 1.54) is 11.3 Å². The third-order valence-corrected chi connectivity index (χ3v) is 5.22. The molecule has 102 valence electrons. The monoisotopic (exact) mass is 276 g/mol. The molecule has 2 heterocycles. The minimum Gasteiger partial charge on any atom is -0.369 e. The normalized spacial score (nSPS) is 20.7. The summed E-state index contributed by atoms with van der Waals surface area (Å²) in [5, 5.41) is 4.57. The number of hydrogen-bond donors (Lipinski definition) is 2. The van der Waals surface area contributed by atoms with E-state index in [9.17, 15) is 0 Å². The third kappa shape index (κ3) is 2.39. The Bertz CT molecular complexity index is 617. The maximum absolute atomic E-state index is 5.80. The highest BCUT2D eigenvalue weighted by Crippen LogP contribution is 2.51. The van der Waals surface area contributed by atoms with Gasteiger partial charge in [0.2, 0.25) is 5.95 Å². The zero-order chi connectivity index (χ0) is 13.6. The Labute approximate surface area is 117 Å². The van der Waals surface area contributed by atoms with Crippen molar-refractivity contribution >= 4 is 33.3 Å². The van der Waals surface area contributed by atoms with Crippen LogP contribution in [-0.2, 0) is 6.42 Å². The molecule has 0 spiro atoms. The molecule has 0 radical (unpaired) electrons. The Morgan fingerprint density at radius 2 is 2.21 bits per heavy atom. The summed E-state index contributed by atoms with van der Waals surface area (Å²) in [7, 11) is 0. The Morgan fingerprint density at radius 1 is 1.47 bits per heavy atom. The molecular weight excluding hydrogens is 256 g/mol. The van der Waals surface area contributed by atoms with Crippen molar-refractivity contribution in [2.75, 3.05) is 17.6 Å². The minimum atomic E-state index is 0.356. The van der Waals surface area contributed by atoms with E-state index in [1.54, 1.807) is 11.3 Å². The zero-order valence-corrected chi connectivity index (χ0v) is 12.5. The molecule has 0 aromatic carbocycles. The number of hydrogen-bond acceptors (Lipinski definition) is 5. The number of fused-ring (bicyclic) bond motifs is 1. The van der Waals surface area contributed by atoms with Gasteiger partial charge in [-0.25, -0.2) is 4.98 Å². The van der Waals surface area contributed by atoms with Crippen molar-refractivity contribution in [1.82, 2.24) is 9.97 Å². The fourth-order valence-corrected chi connectivity index (χ4v) is 3.42. The van der Waals surface area contributed by atoms with Gasteiger partial charge in [-0.1, -0.05) is 20.8 Å². The second-order valence-electron chi connectivity index (χ2n) is 5.99. The summed E-state index contributed by atoms with van der Waals surface area (Å²) in [6.07, 6.45) is 2.31. The Morgan fingerprint density at radius 3 is 2.84 bits per heavy atom. The summed E-state index contributed by atoms with van der Waals surface area (Å²) >= 11 is 1.70. The summed E-state index contributed by atoms with van der Waals surface area (Å²) < 4.78 is 0. The topological polar surface area (TPSA) is 63.8 Å². The summed E-state index contributed by atoms with van der Waals surface area (Å²) in [5.41, 5.74) is 6.28. The second-order valence-corrected chi connectivity index (χ2v) is 7.10. The number of aryl methyl sites for hydroxylation is 1. The standard InChI is InChI=1S/C14H20N4S/c1-4-9-5-10-11(16-7-8-6-14(8,2)3)17-13(15)18-12(10)19-9/h5,8H,4,6-7H2,1-3H3,(H3,15,16,17,18). The van der Waals surface area contributed by atoms with Crippen LogP contribution in [0.4, 0.5) is 11.8 Å². The number of rotatable bonds is 4. The van der Waals surface area contributed by atoms with E-state index in [0.717, 1.165) is 34.9 Å². The molecule has 19 heavy (non-hydrogen) atoms. The summed E-state index contributed by atoms with van der Waals surface area (Å²) in [5.74, 6) is 1.98. The van der Waals surface area contributed by atoms with Gasteiger partial charge in [0.15, 0.2) is 0 Å². The smallest absolute Gasteiger partial charge is 0.223 e. The number of aromatic nitrogens is 2. The summed E-state index contributed by atoms with van der Waals surface area (Å²) in [6.45, 7) is 7.74. The van der Waals surface area contributed by atoms with Crippen LogP contribution in [-0.4, -0.2) is 16.5 Å². The van der Waals surface area contributed by atoms with Crippen LogP contribution in [0, 0.1) is 11.3 Å². The number of nitrogens with zero attached hydrogens (tertiary/aromatic N) is 2. The number of nitrogens with two attached hydrogens (primary N) is 1. The first-order chi connectivity index (χ1) is 8.99. The van der Waals surface area contributed by atoms with E-state index >= 15 is 0 Å². The number of nitrogens with one attached hydrogen (secondary N) is 1. The van der Waals surface area contributed by atoms with Crippen LogP contribution in [0.3, 0.4) is 0 Å². The quantitative estimate of drug-likeness (QED) is 0.899. The van der Waals surface area contributed by atoms with Gasteiger partial charge >= 0.3 is 0 Å². The number of thiophene rings is 1. The van der Waals surface area contributed by atoms with Crippen LogP contribution >= 0.6 is 11.3 Å². The van der Waals surface area contributed by atoms with Crippen molar-refractivity contribution < 1.29 is 0 Å². The van der Waals surface area contributed by atoms with Crippen molar-refractivity contribution in [3.63, 3.8) is 0 Å². The van der Waals surface area contributed by atoms with Gasteiger partial charge in [0.1, 0.15) is 10.6 Å². The maximum atomic E-state index is 5.80. The van der Waals surface area contributed by atoms with Crippen molar-refractivity contribution in [3.8, 4) is 0 Å². The van der Waals surface area contributed by atoms with Gasteiger partial charge in [0.05, 0.1) is 5.39 Å². The first kappa shape index (κ1) is 12.7. The lowest BCUT2D eigenvalue weighted by Crippen LogP contribution is -2.09. The second kappa shape index (κ2) is 4.34. The van der Waals surface area contributed by atoms with E-state index in [2.05, 4.69) is 42.1 Å². The Balaban J connectivity index is 1.87. The average Bonchev–Trinajstić information content (AvgIpc) is 2.78. The third-order valence-electron chi connectivity index (χ3n) is 4.04. The molecule has 0 bridgehead atoms. The van der Waals surface area contributed by atoms with Gasteiger partial charge in [-0.2, -0.15) is 4.98 Å². The van der Waals surface area contributed by atoms with Gasteiger partial charge in [-0.3, -0.25) is 0 Å². The highest BCUT2D eigenvalue weighted by Gasteiger charge is 2.45. The predicted octanol–water partition coefficient (Wildman–Crippen LogP) is 3.29. The minimum absolute atomic E-state index is 0.356. The highest BCUT2D eigenvalue weighted by molar-refractivity contribution is 7.18. The molecular formula is C14H20N4S. The van der Waals surface area contributed by atoms with E-state index in [0.29, 0.717) is 11.4 Å². The van der Waals surface area contributed by atoms with Gasteiger partial charge in [0.25, 0.3) is 0 Å². The fraction of sp³-hybridized carbons (Fsp3) is 0.571. The lowest BCUT2D eigenvalue weighted by molar-refractivity contribution is 0.573. The molecule has 0 saturated heterocycles. The van der Waals surface area contributed by atoms with Crippen molar-refractivity contribution in [3.05, 3.63) is 10.9 Å². The van der Waals surface area contributed by atoms with Crippen molar-refractivity contribution in [2.24, 2.45) is 11.3 Å². The molecule has 1 aliphatic carbocycles. The first-order valence-electron chi connectivity index (χ1n) is 6.79. The molecule has 2 aromatic heterocycles. The summed E-state index contributed by atoms with van der Waals surface area (Å²) in [6, 6.07) is 2.18. The molecule has 1 unspecified atom stereocenters. The highest BCUT2D eigenvalue weighted by atomic mass is 32.1. The Hall–Kier alpha value is -1.36. The molecule has 3 rings (SSSR count). The van der Waals surface area contributed by atoms with Crippen LogP contribution in [0.25, 0.3) is 10.2 Å². The Kier molecular flexibility index (Phi) is 2.89. The van der Waals surface area contributed by atoms with E-state index < -0.39 is 0 Å². The largest absolute Gasteiger partial charge is 0.369 e. The van der Waals surface area contributed by atoms with Crippen molar-refractivity contribution in [1.29, 1.82) is 0 Å². The van der Waals surface area contributed by atoms with Gasteiger partial charge in [-0.15, -0.1) is 11.3 Å². The van der Waals surface area contributed by atoms with Crippen LogP contribution in [0.15, 0.2) is 6.07 Å². The zero-order valence-electron chi connectivity index (χ0n) is 11.7. The molecule has 1 aliphatic rings. The van der Waals surface area contributed by atoms with Gasteiger partial charge < -0.3 is 11.1 Å².